The van der Waals surface area contributed by atoms with Gasteiger partial charge < -0.3 is 10.6 Å². The van der Waals surface area contributed by atoms with Crippen LogP contribution in [0.3, 0.4) is 0 Å². The third-order valence-corrected chi connectivity index (χ3v) is 2.71. The second kappa shape index (κ2) is 5.74. The molecule has 0 saturated carbocycles. The minimum absolute atomic E-state index is 0.0949. The number of rotatable bonds is 3. The van der Waals surface area contributed by atoms with Gasteiger partial charge in [0, 0.05) is 16.8 Å². The Kier molecular flexibility index (Phi) is 4.02. The first-order valence-electron chi connectivity index (χ1n) is 6.45. The maximum atomic E-state index is 11.9. The Labute approximate surface area is 122 Å². The van der Waals surface area contributed by atoms with E-state index in [4.69, 9.17) is 0 Å². The van der Waals surface area contributed by atoms with Crippen LogP contribution in [0.25, 0.3) is 0 Å². The van der Waals surface area contributed by atoms with Crippen molar-refractivity contribution in [2.45, 2.75) is 20.8 Å². The normalized spacial score (nSPS) is 11.0. The van der Waals surface area contributed by atoms with Gasteiger partial charge in [0.15, 0.2) is 5.69 Å². The van der Waals surface area contributed by atoms with Crippen molar-refractivity contribution in [2.24, 2.45) is 5.41 Å². The molecule has 2 amide bonds. The van der Waals surface area contributed by atoms with Crippen molar-refractivity contribution in [3.05, 3.63) is 36.2 Å². The molecular weight excluding hydrogens is 270 g/mol. The van der Waals surface area contributed by atoms with Crippen molar-refractivity contribution < 1.29 is 9.59 Å². The molecule has 2 rings (SSSR count). The summed E-state index contributed by atoms with van der Waals surface area (Å²) in [5, 5.41) is 15.1. The molecule has 0 radical (unpaired) electrons. The summed E-state index contributed by atoms with van der Waals surface area (Å²) < 4.78 is 0. The van der Waals surface area contributed by atoms with Gasteiger partial charge in [-0.15, -0.1) is 0 Å². The number of amides is 2. The number of carbonyl (C=O) groups is 2. The molecule has 0 unspecified atom stereocenters. The van der Waals surface area contributed by atoms with Gasteiger partial charge in [-0.25, -0.2) is 0 Å². The summed E-state index contributed by atoms with van der Waals surface area (Å²) in [5.41, 5.74) is 0.890. The summed E-state index contributed by atoms with van der Waals surface area (Å²) in [6.45, 7) is 5.50. The zero-order valence-electron chi connectivity index (χ0n) is 12.1. The fourth-order valence-electron chi connectivity index (χ4n) is 1.50. The van der Waals surface area contributed by atoms with Crippen LogP contribution in [0.4, 0.5) is 11.4 Å². The zero-order chi connectivity index (χ0) is 15.5. The summed E-state index contributed by atoms with van der Waals surface area (Å²) in [5.74, 6) is -0.467. The number of aromatic amines is 1. The van der Waals surface area contributed by atoms with Crippen LogP contribution < -0.4 is 10.6 Å². The summed E-state index contributed by atoms with van der Waals surface area (Å²) in [6, 6.07) is 6.92. The van der Waals surface area contributed by atoms with Crippen LogP contribution in [0.5, 0.6) is 0 Å². The number of nitrogens with zero attached hydrogens (tertiary/aromatic N) is 2. The first-order valence-corrected chi connectivity index (χ1v) is 6.45. The fourth-order valence-corrected chi connectivity index (χ4v) is 1.50. The van der Waals surface area contributed by atoms with E-state index in [-0.39, 0.29) is 17.5 Å². The van der Waals surface area contributed by atoms with Crippen molar-refractivity contribution >= 4 is 23.2 Å². The zero-order valence-corrected chi connectivity index (χ0v) is 12.1. The average Bonchev–Trinajstić information content (AvgIpc) is 2.91. The smallest absolute Gasteiger partial charge is 0.277 e. The van der Waals surface area contributed by atoms with E-state index in [0.717, 1.165) is 0 Å². The maximum Gasteiger partial charge on any atom is 0.277 e. The van der Waals surface area contributed by atoms with Crippen LogP contribution >= 0.6 is 0 Å². The molecule has 0 atom stereocenters. The molecule has 7 nitrogen and oxygen atoms in total. The van der Waals surface area contributed by atoms with Crippen molar-refractivity contribution in [1.29, 1.82) is 0 Å². The second-order valence-electron chi connectivity index (χ2n) is 5.59. The Morgan fingerprint density at radius 3 is 2.38 bits per heavy atom. The molecule has 0 fully saturated rings. The number of benzene rings is 1. The van der Waals surface area contributed by atoms with Gasteiger partial charge in [-0.1, -0.05) is 26.8 Å². The molecule has 2 aromatic rings. The lowest BCUT2D eigenvalue weighted by Gasteiger charge is -2.18. The van der Waals surface area contributed by atoms with E-state index in [1.165, 1.54) is 6.20 Å². The summed E-state index contributed by atoms with van der Waals surface area (Å²) >= 11 is 0. The lowest BCUT2D eigenvalue weighted by molar-refractivity contribution is -0.123. The van der Waals surface area contributed by atoms with Crippen LogP contribution in [0.1, 0.15) is 31.3 Å². The Hall–Kier alpha value is -2.70. The molecule has 1 aromatic carbocycles. The predicted octanol–water partition coefficient (Wildman–Crippen LogP) is 2.04. The molecule has 110 valence electrons. The highest BCUT2D eigenvalue weighted by Crippen LogP contribution is 2.20. The highest BCUT2D eigenvalue weighted by atomic mass is 16.2. The number of nitrogens with one attached hydrogen (secondary N) is 3. The van der Waals surface area contributed by atoms with Gasteiger partial charge in [0.05, 0.1) is 6.20 Å². The lowest BCUT2D eigenvalue weighted by Crippen LogP contribution is -2.27. The van der Waals surface area contributed by atoms with E-state index in [0.29, 0.717) is 11.4 Å². The highest BCUT2D eigenvalue weighted by Gasteiger charge is 2.21. The molecule has 0 aliphatic heterocycles. The lowest BCUT2D eigenvalue weighted by atomic mass is 9.95. The van der Waals surface area contributed by atoms with Crippen molar-refractivity contribution in [3.63, 3.8) is 0 Å². The quantitative estimate of drug-likeness (QED) is 0.804. The fraction of sp³-hybridized carbons (Fsp3) is 0.286. The molecule has 1 heterocycles. The largest absolute Gasteiger partial charge is 0.326 e. The van der Waals surface area contributed by atoms with Crippen LogP contribution in [0.15, 0.2) is 30.5 Å². The van der Waals surface area contributed by atoms with E-state index in [2.05, 4.69) is 26.0 Å². The topological polar surface area (TPSA) is 99.8 Å². The van der Waals surface area contributed by atoms with Crippen LogP contribution in [-0.4, -0.2) is 27.2 Å². The van der Waals surface area contributed by atoms with Gasteiger partial charge in [0.2, 0.25) is 5.91 Å². The van der Waals surface area contributed by atoms with Crippen molar-refractivity contribution in [3.8, 4) is 0 Å². The van der Waals surface area contributed by atoms with Crippen molar-refractivity contribution in [1.82, 2.24) is 15.4 Å². The minimum Gasteiger partial charge on any atom is -0.326 e. The Morgan fingerprint density at radius 1 is 1.14 bits per heavy atom. The maximum absolute atomic E-state index is 11.9. The minimum atomic E-state index is -0.486. The average molecular weight is 287 g/mol. The van der Waals surface area contributed by atoms with Gasteiger partial charge in [0.25, 0.3) is 5.91 Å². The molecule has 0 bridgehead atoms. The van der Waals surface area contributed by atoms with Gasteiger partial charge >= 0.3 is 0 Å². The number of H-pyrrole nitrogens is 1. The molecule has 0 saturated heterocycles. The first-order chi connectivity index (χ1) is 9.86. The third-order valence-electron chi connectivity index (χ3n) is 2.71. The van der Waals surface area contributed by atoms with E-state index >= 15 is 0 Å². The second-order valence-corrected chi connectivity index (χ2v) is 5.59. The number of aromatic nitrogens is 3. The van der Waals surface area contributed by atoms with E-state index in [1.54, 1.807) is 24.3 Å². The van der Waals surface area contributed by atoms with Gasteiger partial charge in [0.1, 0.15) is 0 Å². The molecular formula is C14H17N5O2. The Bertz CT molecular complexity index is 644. The Morgan fingerprint density at radius 2 is 1.81 bits per heavy atom. The Balaban J connectivity index is 2.08. The molecule has 0 aliphatic rings. The van der Waals surface area contributed by atoms with E-state index in [1.807, 2.05) is 20.8 Å². The van der Waals surface area contributed by atoms with E-state index in [9.17, 15) is 9.59 Å². The number of anilines is 2. The molecule has 21 heavy (non-hydrogen) atoms. The van der Waals surface area contributed by atoms with Crippen LogP contribution in [0, 0.1) is 5.41 Å². The van der Waals surface area contributed by atoms with Crippen molar-refractivity contribution in [2.75, 3.05) is 10.6 Å². The van der Waals surface area contributed by atoms with Crippen LogP contribution in [0.2, 0.25) is 0 Å². The molecule has 1 aromatic heterocycles. The molecule has 0 aliphatic carbocycles. The molecule has 3 N–H and O–H groups in total. The third kappa shape index (κ3) is 3.88. The summed E-state index contributed by atoms with van der Waals surface area (Å²) in [6.07, 6.45) is 1.33. The van der Waals surface area contributed by atoms with Crippen LogP contribution in [-0.2, 0) is 4.79 Å². The SMILES string of the molecule is CC(C)(C)C(=O)Nc1cccc(NC(=O)c2cn[nH]n2)c1. The number of hydrogen-bond donors (Lipinski definition) is 3. The first kappa shape index (κ1) is 14.7. The van der Waals surface area contributed by atoms with Gasteiger partial charge in [-0.2, -0.15) is 15.4 Å². The van der Waals surface area contributed by atoms with E-state index < -0.39 is 5.41 Å². The predicted molar refractivity (Wildman–Crippen MR) is 78.9 cm³/mol. The summed E-state index contributed by atoms with van der Waals surface area (Å²) in [7, 11) is 0. The van der Waals surface area contributed by atoms with Gasteiger partial charge in [-0.05, 0) is 18.2 Å². The summed E-state index contributed by atoms with van der Waals surface area (Å²) in [4.78, 5) is 23.8. The monoisotopic (exact) mass is 287 g/mol. The molecule has 7 heteroatoms. The molecule has 0 spiro atoms. The number of carbonyl (C=O) groups excluding carboxylic acids is 2. The number of hydrogen-bond acceptors (Lipinski definition) is 4. The standard InChI is InChI=1S/C14H17N5O2/c1-14(2,3)13(21)17-10-6-4-5-9(7-10)16-12(20)11-8-15-19-18-11/h4-8H,1-3H3,(H,16,20)(H,17,21)(H,15,18,19). The van der Waals surface area contributed by atoms with Gasteiger partial charge in [-0.3, -0.25) is 9.59 Å². The highest BCUT2D eigenvalue weighted by molar-refractivity contribution is 6.03.